The summed E-state index contributed by atoms with van der Waals surface area (Å²) in [5, 5.41) is 0. The van der Waals surface area contributed by atoms with Crippen molar-refractivity contribution in [1.29, 1.82) is 0 Å². The third-order valence-electron chi connectivity index (χ3n) is 5.54. The number of para-hydroxylation sites is 1. The van der Waals surface area contributed by atoms with Crippen molar-refractivity contribution in [2.45, 2.75) is 18.6 Å². The minimum Gasteiger partial charge on any atom is -0.322 e. The number of hydrogen-bond acceptors (Lipinski definition) is 6. The summed E-state index contributed by atoms with van der Waals surface area (Å²) in [5.74, 6) is -1.82. The van der Waals surface area contributed by atoms with Crippen LogP contribution in [0.5, 0.6) is 0 Å². The number of nitrogens with two attached hydrogens (primary N) is 2. The van der Waals surface area contributed by atoms with E-state index in [-0.39, 0.29) is 12.3 Å². The number of amides is 1. The van der Waals surface area contributed by atoms with Crippen LogP contribution in [0, 0.1) is 0 Å². The SMILES string of the molecule is C[C@H](N)C(=O)C1(N)N=C(c2ccccc2)c2ccccc2N(CC(=O)c2ccccc2)C1=O. The van der Waals surface area contributed by atoms with Crippen LogP contribution in [-0.4, -0.2) is 41.4 Å². The zero-order chi connectivity index (χ0) is 23.6. The van der Waals surface area contributed by atoms with E-state index in [9.17, 15) is 14.4 Å². The molecule has 166 valence electrons. The number of carbonyl (C=O) groups is 3. The summed E-state index contributed by atoms with van der Waals surface area (Å²) < 4.78 is 0. The summed E-state index contributed by atoms with van der Waals surface area (Å²) in [6, 6.07) is 23.8. The summed E-state index contributed by atoms with van der Waals surface area (Å²) in [4.78, 5) is 45.7. The predicted octanol–water partition coefficient (Wildman–Crippen LogP) is 2.32. The highest BCUT2D eigenvalue weighted by molar-refractivity contribution is 6.27. The Morgan fingerprint density at radius 3 is 2.15 bits per heavy atom. The van der Waals surface area contributed by atoms with E-state index in [0.29, 0.717) is 28.1 Å². The topological polar surface area (TPSA) is 119 Å². The lowest BCUT2D eigenvalue weighted by Crippen LogP contribution is -2.63. The smallest absolute Gasteiger partial charge is 0.278 e. The summed E-state index contributed by atoms with van der Waals surface area (Å²) in [5.41, 5.74) is 12.5. The first-order valence-corrected chi connectivity index (χ1v) is 10.6. The van der Waals surface area contributed by atoms with Gasteiger partial charge in [0.2, 0.25) is 11.4 Å². The van der Waals surface area contributed by atoms with Crippen LogP contribution in [0.15, 0.2) is 89.9 Å². The second kappa shape index (κ2) is 8.90. The fraction of sp³-hybridized carbons (Fsp3) is 0.154. The molecule has 0 aromatic heterocycles. The summed E-state index contributed by atoms with van der Waals surface area (Å²) in [7, 11) is 0. The van der Waals surface area contributed by atoms with Crippen LogP contribution in [0.3, 0.4) is 0 Å². The number of ketones is 2. The minimum absolute atomic E-state index is 0.294. The first kappa shape index (κ1) is 22.3. The average Bonchev–Trinajstić information content (AvgIpc) is 2.94. The van der Waals surface area contributed by atoms with Gasteiger partial charge in [0.05, 0.1) is 24.0 Å². The predicted molar refractivity (Wildman–Crippen MR) is 127 cm³/mol. The molecule has 1 amide bonds. The Hall–Kier alpha value is -3.94. The van der Waals surface area contributed by atoms with Gasteiger partial charge < -0.3 is 10.6 Å². The minimum atomic E-state index is -2.28. The Bertz CT molecular complexity index is 1240. The number of Topliss-reactive ketones (excluding diaryl/α,β-unsaturated/α-hetero) is 2. The maximum atomic E-state index is 13.8. The van der Waals surface area contributed by atoms with Crippen molar-refractivity contribution in [2.24, 2.45) is 16.5 Å². The van der Waals surface area contributed by atoms with Crippen molar-refractivity contribution in [1.82, 2.24) is 0 Å². The second-order valence-corrected chi connectivity index (χ2v) is 7.94. The zero-order valence-corrected chi connectivity index (χ0v) is 18.1. The number of nitrogens with zero attached hydrogens (tertiary/aromatic N) is 2. The number of carbonyl (C=O) groups excluding carboxylic acids is 3. The molecule has 7 nitrogen and oxygen atoms in total. The van der Waals surface area contributed by atoms with Gasteiger partial charge in [0.15, 0.2) is 5.78 Å². The molecule has 4 rings (SSSR count). The van der Waals surface area contributed by atoms with E-state index < -0.39 is 23.4 Å². The fourth-order valence-corrected chi connectivity index (χ4v) is 3.85. The van der Waals surface area contributed by atoms with Crippen LogP contribution in [0.2, 0.25) is 0 Å². The van der Waals surface area contributed by atoms with Gasteiger partial charge in [0.1, 0.15) is 0 Å². The molecule has 0 aliphatic carbocycles. The van der Waals surface area contributed by atoms with E-state index in [0.717, 1.165) is 0 Å². The van der Waals surface area contributed by atoms with Gasteiger partial charge in [-0.15, -0.1) is 0 Å². The van der Waals surface area contributed by atoms with Crippen LogP contribution in [0.25, 0.3) is 0 Å². The van der Waals surface area contributed by atoms with Gasteiger partial charge in [-0.05, 0) is 13.0 Å². The largest absolute Gasteiger partial charge is 0.322 e. The third kappa shape index (κ3) is 4.11. The Morgan fingerprint density at radius 2 is 1.52 bits per heavy atom. The van der Waals surface area contributed by atoms with Crippen LogP contribution < -0.4 is 16.4 Å². The van der Waals surface area contributed by atoms with Crippen LogP contribution in [0.1, 0.15) is 28.4 Å². The fourth-order valence-electron chi connectivity index (χ4n) is 3.85. The second-order valence-electron chi connectivity index (χ2n) is 7.94. The number of rotatable bonds is 6. The van der Waals surface area contributed by atoms with Crippen LogP contribution in [-0.2, 0) is 9.59 Å². The summed E-state index contributed by atoms with van der Waals surface area (Å²) in [6.07, 6.45) is 0. The van der Waals surface area contributed by atoms with Crippen molar-refractivity contribution >= 4 is 28.9 Å². The van der Waals surface area contributed by atoms with E-state index in [1.54, 1.807) is 54.6 Å². The number of hydrogen-bond donors (Lipinski definition) is 2. The number of benzodiazepines with no additional fused rings is 1. The molecular formula is C26H24N4O3. The van der Waals surface area contributed by atoms with Crippen molar-refractivity contribution in [3.8, 4) is 0 Å². The van der Waals surface area contributed by atoms with Crippen molar-refractivity contribution in [3.05, 3.63) is 102 Å². The molecule has 0 fully saturated rings. The third-order valence-corrected chi connectivity index (χ3v) is 5.54. The lowest BCUT2D eigenvalue weighted by atomic mass is 9.98. The monoisotopic (exact) mass is 440 g/mol. The van der Waals surface area contributed by atoms with E-state index in [1.807, 2.05) is 30.3 Å². The highest BCUT2D eigenvalue weighted by atomic mass is 16.2. The van der Waals surface area contributed by atoms with Gasteiger partial charge in [0, 0.05) is 16.7 Å². The van der Waals surface area contributed by atoms with Gasteiger partial charge in [0.25, 0.3) is 5.91 Å². The average molecular weight is 441 g/mol. The molecule has 0 saturated heterocycles. The van der Waals surface area contributed by atoms with E-state index >= 15 is 0 Å². The van der Waals surface area contributed by atoms with Crippen LogP contribution >= 0.6 is 0 Å². The van der Waals surface area contributed by atoms with E-state index in [4.69, 9.17) is 11.5 Å². The number of benzene rings is 3. The summed E-state index contributed by atoms with van der Waals surface area (Å²) in [6.45, 7) is 1.15. The van der Waals surface area contributed by atoms with Crippen LogP contribution in [0.4, 0.5) is 5.69 Å². The van der Waals surface area contributed by atoms with E-state index in [2.05, 4.69) is 4.99 Å². The van der Waals surface area contributed by atoms with Gasteiger partial charge in [-0.25, -0.2) is 4.99 Å². The molecule has 1 heterocycles. The number of fused-ring (bicyclic) bond motifs is 1. The molecule has 3 aromatic rings. The van der Waals surface area contributed by atoms with Gasteiger partial charge >= 0.3 is 0 Å². The molecule has 7 heteroatoms. The lowest BCUT2D eigenvalue weighted by Gasteiger charge is -2.29. The summed E-state index contributed by atoms with van der Waals surface area (Å²) >= 11 is 0. The maximum Gasteiger partial charge on any atom is 0.278 e. The molecule has 33 heavy (non-hydrogen) atoms. The first-order valence-electron chi connectivity index (χ1n) is 10.6. The highest BCUT2D eigenvalue weighted by Gasteiger charge is 2.49. The molecule has 4 N–H and O–H groups in total. The number of anilines is 1. The lowest BCUT2D eigenvalue weighted by molar-refractivity contribution is -0.134. The van der Waals surface area contributed by atoms with Crippen molar-refractivity contribution < 1.29 is 14.4 Å². The Morgan fingerprint density at radius 1 is 0.939 bits per heavy atom. The van der Waals surface area contributed by atoms with Gasteiger partial charge in [-0.3, -0.25) is 20.1 Å². The quantitative estimate of drug-likeness (QED) is 0.450. The van der Waals surface area contributed by atoms with E-state index in [1.165, 1.54) is 11.8 Å². The van der Waals surface area contributed by atoms with Crippen molar-refractivity contribution in [3.63, 3.8) is 0 Å². The molecular weight excluding hydrogens is 416 g/mol. The molecule has 3 aromatic carbocycles. The Labute approximate surface area is 191 Å². The number of aliphatic imine (C=N–C) groups is 1. The molecule has 0 bridgehead atoms. The zero-order valence-electron chi connectivity index (χ0n) is 18.1. The Balaban J connectivity index is 1.92. The molecule has 1 aliphatic rings. The van der Waals surface area contributed by atoms with Gasteiger partial charge in [-0.2, -0.15) is 0 Å². The Kier molecular flexibility index (Phi) is 6.00. The standard InChI is InChI=1S/C26H24N4O3/c1-17(27)24(32)26(28)25(33)30(16-22(31)18-10-4-2-5-11-18)21-15-9-8-14-20(21)23(29-26)19-12-6-3-7-13-19/h2-15,17H,16,27-28H2,1H3/t17-,26?/m0/s1. The van der Waals surface area contributed by atoms with Gasteiger partial charge in [-0.1, -0.05) is 78.9 Å². The molecule has 0 radical (unpaired) electrons. The highest BCUT2D eigenvalue weighted by Crippen LogP contribution is 2.31. The molecule has 2 atom stereocenters. The van der Waals surface area contributed by atoms with Crippen molar-refractivity contribution in [2.75, 3.05) is 11.4 Å². The molecule has 0 saturated carbocycles. The molecule has 0 spiro atoms. The maximum absolute atomic E-state index is 13.8. The normalized spacial score (nSPS) is 18.7. The molecule has 1 aliphatic heterocycles. The first-order chi connectivity index (χ1) is 15.8. The molecule has 1 unspecified atom stereocenters.